The summed E-state index contributed by atoms with van der Waals surface area (Å²) in [7, 11) is 0. The Kier molecular flexibility index (Phi) is 4.60. The molecule has 0 heterocycles. The van der Waals surface area contributed by atoms with Crippen LogP contribution in [0.15, 0.2) is 4.99 Å². The number of guanidine groups is 1. The Hall–Kier alpha value is -1.24. The maximum Gasteiger partial charge on any atom is 0.205 e. The van der Waals surface area contributed by atoms with E-state index in [0.717, 1.165) is 0 Å². The maximum absolute atomic E-state index is 8.58. The third-order valence-corrected chi connectivity index (χ3v) is 1.38. The monoisotopic (exact) mass is 210 g/mol. The number of aliphatic imine (C=N–C) groups is 1. The van der Waals surface area contributed by atoms with Gasteiger partial charge in [-0.1, -0.05) is 20.8 Å². The van der Waals surface area contributed by atoms with Crippen LogP contribution in [-0.2, 0) is 0 Å². The van der Waals surface area contributed by atoms with Crippen molar-refractivity contribution in [3.05, 3.63) is 0 Å². The number of nitrogens with one attached hydrogen (secondary N) is 2. The van der Waals surface area contributed by atoms with Gasteiger partial charge in [-0.2, -0.15) is 5.26 Å². The summed E-state index contributed by atoms with van der Waals surface area (Å²) < 4.78 is 0. The van der Waals surface area contributed by atoms with E-state index in [1.165, 1.54) is 0 Å². The molecular weight excluding hydrogens is 188 g/mol. The molecule has 0 aromatic rings. The van der Waals surface area contributed by atoms with E-state index in [1.807, 2.05) is 27.0 Å². The summed E-state index contributed by atoms with van der Waals surface area (Å²) >= 11 is 0. The van der Waals surface area contributed by atoms with E-state index >= 15 is 0 Å². The van der Waals surface area contributed by atoms with E-state index in [0.29, 0.717) is 12.5 Å². The zero-order valence-corrected chi connectivity index (χ0v) is 10.6. The summed E-state index contributed by atoms with van der Waals surface area (Å²) in [5, 5.41) is 14.3. The highest BCUT2D eigenvalue weighted by Crippen LogP contribution is 2.12. The molecule has 0 rings (SSSR count). The van der Waals surface area contributed by atoms with Crippen LogP contribution in [0.1, 0.15) is 41.5 Å². The molecule has 0 spiro atoms. The molecule has 0 aliphatic rings. The smallest absolute Gasteiger partial charge is 0.205 e. The molecule has 0 radical (unpaired) electrons. The van der Waals surface area contributed by atoms with Crippen LogP contribution in [0.4, 0.5) is 0 Å². The van der Waals surface area contributed by atoms with Crippen LogP contribution in [-0.4, -0.2) is 18.0 Å². The fourth-order valence-electron chi connectivity index (χ4n) is 0.835. The highest BCUT2D eigenvalue weighted by atomic mass is 15.2. The summed E-state index contributed by atoms with van der Waals surface area (Å²) in [6.45, 7) is 13.1. The Morgan fingerprint density at radius 2 is 1.73 bits per heavy atom. The second-order valence-corrected chi connectivity index (χ2v) is 5.84. The quantitative estimate of drug-likeness (QED) is 0.300. The molecule has 0 unspecified atom stereocenters. The van der Waals surface area contributed by atoms with E-state index in [-0.39, 0.29) is 11.0 Å². The number of nitrogens with zero attached hydrogens (tertiary/aromatic N) is 2. The first-order valence-corrected chi connectivity index (χ1v) is 5.12. The average Bonchev–Trinajstić information content (AvgIpc) is 1.96. The molecule has 4 heteroatoms. The van der Waals surface area contributed by atoms with Gasteiger partial charge in [0.1, 0.15) is 0 Å². The van der Waals surface area contributed by atoms with Gasteiger partial charge in [0.05, 0.1) is 0 Å². The van der Waals surface area contributed by atoms with Gasteiger partial charge in [0, 0.05) is 12.1 Å². The lowest BCUT2D eigenvalue weighted by Gasteiger charge is -2.23. The van der Waals surface area contributed by atoms with Crippen LogP contribution < -0.4 is 10.6 Å². The molecule has 0 aromatic heterocycles. The molecular formula is C11H22N4. The van der Waals surface area contributed by atoms with Crippen molar-refractivity contribution in [3.8, 4) is 6.19 Å². The first-order chi connectivity index (χ1) is 6.64. The van der Waals surface area contributed by atoms with Crippen LogP contribution in [0, 0.1) is 16.9 Å². The van der Waals surface area contributed by atoms with Gasteiger partial charge >= 0.3 is 0 Å². The highest BCUT2D eigenvalue weighted by molar-refractivity contribution is 5.81. The summed E-state index contributed by atoms with van der Waals surface area (Å²) in [5.41, 5.74) is 0.0303. The first kappa shape index (κ1) is 13.8. The van der Waals surface area contributed by atoms with Crippen molar-refractivity contribution in [1.82, 2.24) is 10.6 Å². The fourth-order valence-corrected chi connectivity index (χ4v) is 0.835. The van der Waals surface area contributed by atoms with Gasteiger partial charge in [-0.25, -0.2) is 0 Å². The molecule has 0 atom stereocenters. The van der Waals surface area contributed by atoms with Crippen LogP contribution >= 0.6 is 0 Å². The Morgan fingerprint density at radius 3 is 2.07 bits per heavy atom. The molecule has 0 amide bonds. The predicted octanol–water partition coefficient (Wildman–Crippen LogP) is 1.85. The molecule has 0 aromatic carbocycles. The fraction of sp³-hybridized carbons (Fsp3) is 0.818. The minimum Gasteiger partial charge on any atom is -0.351 e. The number of hydrogen-bond acceptors (Lipinski definition) is 2. The first-order valence-electron chi connectivity index (χ1n) is 5.12. The van der Waals surface area contributed by atoms with E-state index < -0.39 is 0 Å². The Labute approximate surface area is 92.8 Å². The van der Waals surface area contributed by atoms with Gasteiger partial charge in [0.25, 0.3) is 0 Å². The van der Waals surface area contributed by atoms with Crippen molar-refractivity contribution in [2.45, 2.75) is 47.1 Å². The van der Waals surface area contributed by atoms with Crippen molar-refractivity contribution >= 4 is 5.96 Å². The molecule has 0 aliphatic carbocycles. The SMILES string of the molecule is CC(C)(C)CN=C(NC#N)NC(C)(C)C. The number of nitriles is 1. The maximum atomic E-state index is 8.58. The summed E-state index contributed by atoms with van der Waals surface area (Å²) in [6, 6.07) is 0. The van der Waals surface area contributed by atoms with Crippen LogP contribution in [0.25, 0.3) is 0 Å². The summed E-state index contributed by atoms with van der Waals surface area (Å²) in [4.78, 5) is 4.34. The molecule has 0 saturated carbocycles. The van der Waals surface area contributed by atoms with Gasteiger partial charge < -0.3 is 5.32 Å². The lowest BCUT2D eigenvalue weighted by atomic mass is 9.97. The van der Waals surface area contributed by atoms with Crippen molar-refractivity contribution in [3.63, 3.8) is 0 Å². The predicted molar refractivity (Wildman–Crippen MR) is 63.4 cm³/mol. The van der Waals surface area contributed by atoms with Gasteiger partial charge in [0.15, 0.2) is 6.19 Å². The average molecular weight is 210 g/mol. The van der Waals surface area contributed by atoms with E-state index in [2.05, 4.69) is 36.4 Å². The van der Waals surface area contributed by atoms with Crippen molar-refractivity contribution in [2.75, 3.05) is 6.54 Å². The summed E-state index contributed by atoms with van der Waals surface area (Å²) in [6.07, 6.45) is 1.88. The molecule has 0 aliphatic heterocycles. The largest absolute Gasteiger partial charge is 0.351 e. The van der Waals surface area contributed by atoms with Gasteiger partial charge in [0.2, 0.25) is 5.96 Å². The van der Waals surface area contributed by atoms with Crippen LogP contribution in [0.5, 0.6) is 0 Å². The molecule has 86 valence electrons. The standard InChI is InChI=1S/C11H22N4/c1-10(2,3)7-13-9(14-8-12)15-11(4,5)6/h7H2,1-6H3,(H2,13,14,15). The Morgan fingerprint density at radius 1 is 1.20 bits per heavy atom. The third-order valence-electron chi connectivity index (χ3n) is 1.38. The summed E-state index contributed by atoms with van der Waals surface area (Å²) in [5.74, 6) is 0.542. The number of hydrogen-bond donors (Lipinski definition) is 2. The lowest BCUT2D eigenvalue weighted by molar-refractivity contribution is 0.425. The zero-order chi connectivity index (χ0) is 12.1. The highest BCUT2D eigenvalue weighted by Gasteiger charge is 2.14. The van der Waals surface area contributed by atoms with Crippen molar-refractivity contribution in [2.24, 2.45) is 10.4 Å². The van der Waals surface area contributed by atoms with E-state index in [4.69, 9.17) is 5.26 Å². The minimum atomic E-state index is -0.0967. The Bertz CT molecular complexity index is 260. The third kappa shape index (κ3) is 9.07. The molecule has 0 fully saturated rings. The molecule has 0 saturated heterocycles. The molecule has 0 bridgehead atoms. The molecule has 2 N–H and O–H groups in total. The van der Waals surface area contributed by atoms with E-state index in [9.17, 15) is 0 Å². The lowest BCUT2D eigenvalue weighted by Crippen LogP contribution is -2.46. The Balaban J connectivity index is 4.47. The van der Waals surface area contributed by atoms with Gasteiger partial charge in [-0.05, 0) is 26.2 Å². The van der Waals surface area contributed by atoms with Crippen LogP contribution in [0.3, 0.4) is 0 Å². The molecule has 4 nitrogen and oxygen atoms in total. The van der Waals surface area contributed by atoms with E-state index in [1.54, 1.807) is 0 Å². The van der Waals surface area contributed by atoms with Gasteiger partial charge in [-0.15, -0.1) is 0 Å². The van der Waals surface area contributed by atoms with Gasteiger partial charge in [-0.3, -0.25) is 10.3 Å². The normalized spacial score (nSPS) is 13.3. The second-order valence-electron chi connectivity index (χ2n) is 5.84. The van der Waals surface area contributed by atoms with Crippen LogP contribution in [0.2, 0.25) is 0 Å². The zero-order valence-electron chi connectivity index (χ0n) is 10.6. The number of rotatable bonds is 1. The topological polar surface area (TPSA) is 60.2 Å². The second kappa shape index (κ2) is 5.01. The van der Waals surface area contributed by atoms with Crippen molar-refractivity contribution in [1.29, 1.82) is 5.26 Å². The minimum absolute atomic E-state index is 0.0967. The van der Waals surface area contributed by atoms with Crippen molar-refractivity contribution < 1.29 is 0 Å². The molecule has 15 heavy (non-hydrogen) atoms.